The smallest absolute Gasteiger partial charge is 0.268 e. The van der Waals surface area contributed by atoms with Gasteiger partial charge in [-0.25, -0.2) is 5.01 Å². The molecule has 5 fully saturated rings. The normalized spacial score (nSPS) is 38.2. The first kappa shape index (κ1) is 17.1. The Kier molecular flexibility index (Phi) is 3.33. The van der Waals surface area contributed by atoms with Crippen molar-refractivity contribution in [1.29, 1.82) is 0 Å². The third-order valence-electron chi connectivity index (χ3n) is 7.90. The molecule has 0 radical (unpaired) electrons. The lowest BCUT2D eigenvalue weighted by Crippen LogP contribution is -2.80. The first-order chi connectivity index (χ1) is 13.4. The van der Waals surface area contributed by atoms with Gasteiger partial charge in [0.25, 0.3) is 5.91 Å². The van der Waals surface area contributed by atoms with Crippen molar-refractivity contribution in [2.75, 3.05) is 5.01 Å². The van der Waals surface area contributed by atoms with Crippen LogP contribution in [-0.4, -0.2) is 27.4 Å². The van der Waals surface area contributed by atoms with Crippen LogP contribution >= 0.6 is 11.6 Å². The topological polar surface area (TPSA) is 23.6 Å². The molecule has 1 saturated heterocycles. The molecule has 3 nitrogen and oxygen atoms in total. The van der Waals surface area contributed by atoms with Crippen LogP contribution in [-0.2, 0) is 4.79 Å². The summed E-state index contributed by atoms with van der Waals surface area (Å²) in [7, 11) is 0. The van der Waals surface area contributed by atoms with E-state index in [9.17, 15) is 4.79 Å². The fourth-order valence-corrected chi connectivity index (χ4v) is 7.68. The Morgan fingerprint density at radius 2 is 1.64 bits per heavy atom. The second-order valence-corrected chi connectivity index (χ2v) is 10.9. The second-order valence-electron chi connectivity index (χ2n) is 10.1. The van der Waals surface area contributed by atoms with E-state index in [1.165, 1.54) is 30.0 Å². The van der Waals surface area contributed by atoms with E-state index in [-0.39, 0.29) is 10.8 Å². The van der Waals surface area contributed by atoms with Crippen molar-refractivity contribution in [1.82, 2.24) is 5.01 Å². The zero-order valence-corrected chi connectivity index (χ0v) is 17.3. The zero-order chi connectivity index (χ0) is 19.3. The summed E-state index contributed by atoms with van der Waals surface area (Å²) in [6.45, 7) is 4.12. The molecule has 0 aromatic heterocycles. The first-order valence-electron chi connectivity index (χ1n) is 10.7. The number of hydrogen-bond donors (Lipinski definition) is 0. The maximum Gasteiger partial charge on any atom is 0.268 e. The van der Waals surface area contributed by atoms with Crippen LogP contribution in [0.25, 0.3) is 10.8 Å². The molecule has 1 aliphatic heterocycles. The fraction of sp³-hybridized carbons (Fsp3) is 0.542. The van der Waals surface area contributed by atoms with Crippen molar-refractivity contribution in [3.8, 4) is 0 Å². The Labute approximate surface area is 171 Å². The van der Waals surface area contributed by atoms with Crippen molar-refractivity contribution in [3.63, 3.8) is 0 Å². The summed E-state index contributed by atoms with van der Waals surface area (Å²) in [6, 6.07) is 15.2. The van der Waals surface area contributed by atoms with Gasteiger partial charge in [0.05, 0.1) is 11.7 Å². The molecular formula is C24H27ClN2O. The first-order valence-corrected chi connectivity index (χ1v) is 11.1. The van der Waals surface area contributed by atoms with E-state index >= 15 is 0 Å². The molecule has 4 heteroatoms. The molecule has 2 unspecified atom stereocenters. The van der Waals surface area contributed by atoms with Crippen LogP contribution in [0, 0.1) is 17.8 Å². The average Bonchev–Trinajstić information content (AvgIpc) is 2.65. The molecule has 0 spiro atoms. The van der Waals surface area contributed by atoms with Crippen molar-refractivity contribution in [2.24, 2.45) is 17.8 Å². The SMILES string of the molecule is CC1(C)C(=O)N([C@H]2C3CC4CC2C[C@@](Cl)(C4)C3)N1c1cccc2ccccc12. The number of rotatable bonds is 2. The molecule has 4 bridgehead atoms. The predicted molar refractivity (Wildman–Crippen MR) is 113 cm³/mol. The van der Waals surface area contributed by atoms with Crippen LogP contribution in [0.5, 0.6) is 0 Å². The minimum Gasteiger partial charge on any atom is -0.270 e. The molecule has 4 aliphatic carbocycles. The van der Waals surface area contributed by atoms with Gasteiger partial charge in [-0.15, -0.1) is 11.6 Å². The maximum absolute atomic E-state index is 13.4. The molecule has 28 heavy (non-hydrogen) atoms. The lowest BCUT2D eigenvalue weighted by molar-refractivity contribution is -0.169. The summed E-state index contributed by atoms with van der Waals surface area (Å²) in [5, 5.41) is 6.87. The monoisotopic (exact) mass is 394 g/mol. The van der Waals surface area contributed by atoms with E-state index in [4.69, 9.17) is 11.6 Å². The highest BCUT2D eigenvalue weighted by Crippen LogP contribution is 2.61. The lowest BCUT2D eigenvalue weighted by Gasteiger charge is -2.67. The summed E-state index contributed by atoms with van der Waals surface area (Å²) < 4.78 is 0. The minimum atomic E-state index is -0.503. The quantitative estimate of drug-likeness (QED) is 0.639. The van der Waals surface area contributed by atoms with Crippen molar-refractivity contribution in [2.45, 2.75) is 62.4 Å². The number of fused-ring (bicyclic) bond motifs is 1. The molecule has 2 aromatic rings. The Morgan fingerprint density at radius 1 is 0.964 bits per heavy atom. The van der Waals surface area contributed by atoms with Gasteiger partial charge in [-0.05, 0) is 75.2 Å². The average molecular weight is 395 g/mol. The van der Waals surface area contributed by atoms with E-state index in [1.807, 2.05) is 0 Å². The highest BCUT2D eigenvalue weighted by atomic mass is 35.5. The van der Waals surface area contributed by atoms with Crippen LogP contribution in [0.4, 0.5) is 5.69 Å². The summed E-state index contributed by atoms with van der Waals surface area (Å²) in [5.41, 5.74) is 0.648. The van der Waals surface area contributed by atoms with Gasteiger partial charge in [0.1, 0.15) is 5.54 Å². The number of alkyl halides is 1. The van der Waals surface area contributed by atoms with E-state index in [0.717, 1.165) is 24.4 Å². The third-order valence-corrected chi connectivity index (χ3v) is 8.37. The van der Waals surface area contributed by atoms with Crippen LogP contribution in [0.3, 0.4) is 0 Å². The predicted octanol–water partition coefficient (Wildman–Crippen LogP) is 5.37. The molecule has 1 amide bonds. The van der Waals surface area contributed by atoms with Crippen LogP contribution in [0.1, 0.15) is 46.0 Å². The fourth-order valence-electron chi connectivity index (χ4n) is 7.06. The van der Waals surface area contributed by atoms with Gasteiger partial charge in [-0.3, -0.25) is 9.80 Å². The largest absolute Gasteiger partial charge is 0.270 e. The Balaban J connectivity index is 1.44. The molecule has 2 aromatic carbocycles. The van der Waals surface area contributed by atoms with Gasteiger partial charge in [0.15, 0.2) is 0 Å². The zero-order valence-electron chi connectivity index (χ0n) is 16.6. The van der Waals surface area contributed by atoms with Gasteiger partial charge in [0, 0.05) is 10.3 Å². The number of nitrogens with zero attached hydrogens (tertiary/aromatic N) is 2. The lowest BCUT2D eigenvalue weighted by atomic mass is 9.53. The molecule has 7 rings (SSSR count). The number of carbonyl (C=O) groups excluding carboxylic acids is 1. The van der Waals surface area contributed by atoms with E-state index in [2.05, 4.69) is 66.3 Å². The Morgan fingerprint density at radius 3 is 2.36 bits per heavy atom. The standard InChI is InChI=1S/C24H27ClN2O/c1-23(2)22(28)26(21-17-10-15-11-18(21)14-24(25,12-15)13-17)27(23)20-9-5-7-16-6-3-4-8-19(16)20/h3-9,15,17-18,21H,10-14H2,1-2H3/t15?,17?,18?,21-,24+. The Bertz CT molecular complexity index is 964. The minimum absolute atomic E-state index is 0.000701. The van der Waals surface area contributed by atoms with E-state index in [0.29, 0.717) is 17.9 Å². The summed E-state index contributed by atoms with van der Waals surface area (Å²) >= 11 is 6.97. The number of hydrogen-bond acceptors (Lipinski definition) is 2. The van der Waals surface area contributed by atoms with Gasteiger partial charge < -0.3 is 0 Å². The number of amides is 1. The molecule has 5 aliphatic rings. The van der Waals surface area contributed by atoms with E-state index in [1.54, 1.807) is 0 Å². The maximum atomic E-state index is 13.4. The van der Waals surface area contributed by atoms with Crippen LogP contribution < -0.4 is 5.01 Å². The number of carbonyl (C=O) groups is 1. The van der Waals surface area contributed by atoms with Gasteiger partial charge in [-0.2, -0.15) is 0 Å². The van der Waals surface area contributed by atoms with Gasteiger partial charge >= 0.3 is 0 Å². The summed E-state index contributed by atoms with van der Waals surface area (Å²) in [4.78, 5) is 13.4. The highest BCUT2D eigenvalue weighted by Gasteiger charge is 2.63. The van der Waals surface area contributed by atoms with Crippen molar-refractivity contribution in [3.05, 3.63) is 42.5 Å². The van der Waals surface area contributed by atoms with Crippen LogP contribution in [0.15, 0.2) is 42.5 Å². The Hall–Kier alpha value is -1.74. The number of anilines is 1. The number of benzene rings is 2. The molecule has 1 heterocycles. The van der Waals surface area contributed by atoms with Gasteiger partial charge in [0.2, 0.25) is 0 Å². The summed E-state index contributed by atoms with van der Waals surface area (Å²) in [6.07, 6.45) is 5.80. The van der Waals surface area contributed by atoms with E-state index < -0.39 is 5.54 Å². The molecule has 0 N–H and O–H groups in total. The van der Waals surface area contributed by atoms with Crippen molar-refractivity contribution < 1.29 is 4.79 Å². The highest BCUT2D eigenvalue weighted by molar-refractivity contribution is 6.24. The molecular weight excluding hydrogens is 368 g/mol. The molecule has 2 atom stereocenters. The van der Waals surface area contributed by atoms with Gasteiger partial charge in [-0.1, -0.05) is 36.4 Å². The van der Waals surface area contributed by atoms with Crippen LogP contribution in [0.2, 0.25) is 0 Å². The van der Waals surface area contributed by atoms with Crippen molar-refractivity contribution >= 4 is 34.0 Å². The number of hydrazine groups is 1. The number of halogens is 1. The third kappa shape index (κ3) is 2.14. The second kappa shape index (κ2) is 5.44. The summed E-state index contributed by atoms with van der Waals surface area (Å²) in [5.74, 6) is 2.12. The molecule has 4 saturated carbocycles. The molecule has 146 valence electrons.